The van der Waals surface area contributed by atoms with Gasteiger partial charge in [-0.25, -0.2) is 21.9 Å². The molecule has 2 rings (SSSR count). The number of hydrogen-bond acceptors (Lipinski definition) is 3. The molecule has 100 valence electrons. The highest BCUT2D eigenvalue weighted by Gasteiger charge is 2.27. The van der Waals surface area contributed by atoms with E-state index in [9.17, 15) is 17.2 Å². The number of sulfonamides is 1. The molecule has 0 heterocycles. The SMILES string of the molecule is O=S(=O)(NCC1CC1)c1ccc(F)c(CO)c1F. The van der Waals surface area contributed by atoms with Crippen molar-refractivity contribution in [2.45, 2.75) is 24.3 Å². The molecule has 0 radical (unpaired) electrons. The van der Waals surface area contributed by atoms with Gasteiger partial charge in [-0.15, -0.1) is 0 Å². The van der Waals surface area contributed by atoms with E-state index in [0.29, 0.717) is 5.92 Å². The zero-order valence-electron chi connectivity index (χ0n) is 9.49. The highest BCUT2D eigenvalue weighted by atomic mass is 32.2. The van der Waals surface area contributed by atoms with Crippen molar-refractivity contribution >= 4 is 10.0 Å². The van der Waals surface area contributed by atoms with E-state index in [4.69, 9.17) is 5.11 Å². The monoisotopic (exact) mass is 277 g/mol. The third kappa shape index (κ3) is 2.68. The van der Waals surface area contributed by atoms with Crippen LogP contribution in [0.25, 0.3) is 0 Å². The Morgan fingerprint density at radius 2 is 2.00 bits per heavy atom. The Morgan fingerprint density at radius 3 is 2.56 bits per heavy atom. The number of benzene rings is 1. The molecule has 18 heavy (non-hydrogen) atoms. The third-order valence-corrected chi connectivity index (χ3v) is 4.30. The molecule has 2 N–H and O–H groups in total. The lowest BCUT2D eigenvalue weighted by atomic mass is 10.2. The van der Waals surface area contributed by atoms with Gasteiger partial charge < -0.3 is 5.11 Å². The number of hydrogen-bond donors (Lipinski definition) is 2. The third-order valence-electron chi connectivity index (χ3n) is 2.86. The van der Waals surface area contributed by atoms with E-state index in [1.165, 1.54) is 0 Å². The predicted molar refractivity (Wildman–Crippen MR) is 60.2 cm³/mol. The summed E-state index contributed by atoms with van der Waals surface area (Å²) in [4.78, 5) is -0.631. The summed E-state index contributed by atoms with van der Waals surface area (Å²) in [6, 6.07) is 1.69. The molecule has 0 unspecified atom stereocenters. The Balaban J connectivity index is 2.31. The molecule has 0 atom stereocenters. The van der Waals surface area contributed by atoms with Crippen LogP contribution in [0.1, 0.15) is 18.4 Å². The lowest BCUT2D eigenvalue weighted by Crippen LogP contribution is -2.27. The summed E-state index contributed by atoms with van der Waals surface area (Å²) in [5.41, 5.74) is -0.635. The van der Waals surface area contributed by atoms with Crippen LogP contribution in [-0.4, -0.2) is 20.1 Å². The lowest BCUT2D eigenvalue weighted by Gasteiger charge is -2.09. The van der Waals surface area contributed by atoms with Crippen LogP contribution in [0.5, 0.6) is 0 Å². The quantitative estimate of drug-likeness (QED) is 0.848. The van der Waals surface area contributed by atoms with Gasteiger partial charge in [0.1, 0.15) is 10.7 Å². The van der Waals surface area contributed by atoms with E-state index in [-0.39, 0.29) is 6.54 Å². The Labute approximate surface area is 104 Å². The van der Waals surface area contributed by atoms with Gasteiger partial charge in [-0.3, -0.25) is 0 Å². The van der Waals surface area contributed by atoms with Crippen LogP contribution in [0.4, 0.5) is 8.78 Å². The van der Waals surface area contributed by atoms with Gasteiger partial charge in [-0.1, -0.05) is 0 Å². The molecule has 1 fully saturated rings. The molecule has 0 aromatic heterocycles. The Kier molecular flexibility index (Phi) is 3.65. The number of aliphatic hydroxyl groups is 1. The number of rotatable bonds is 5. The Morgan fingerprint density at radius 1 is 1.33 bits per heavy atom. The highest BCUT2D eigenvalue weighted by Crippen LogP contribution is 2.28. The Bertz CT molecular complexity index is 556. The van der Waals surface area contributed by atoms with E-state index < -0.39 is 38.7 Å². The van der Waals surface area contributed by atoms with Crippen molar-refractivity contribution in [3.63, 3.8) is 0 Å². The molecule has 1 aromatic carbocycles. The van der Waals surface area contributed by atoms with Crippen LogP contribution in [0.3, 0.4) is 0 Å². The van der Waals surface area contributed by atoms with Gasteiger partial charge in [0.15, 0.2) is 5.82 Å². The smallest absolute Gasteiger partial charge is 0.243 e. The molecule has 0 saturated heterocycles. The van der Waals surface area contributed by atoms with E-state index in [2.05, 4.69) is 4.72 Å². The molecule has 0 amide bonds. The van der Waals surface area contributed by atoms with Crippen molar-refractivity contribution in [1.82, 2.24) is 4.72 Å². The summed E-state index contributed by atoms with van der Waals surface area (Å²) < 4.78 is 52.8. The summed E-state index contributed by atoms with van der Waals surface area (Å²) in [6.45, 7) is -0.628. The lowest BCUT2D eigenvalue weighted by molar-refractivity contribution is 0.267. The molecule has 7 heteroatoms. The van der Waals surface area contributed by atoms with Crippen LogP contribution in [0, 0.1) is 17.6 Å². The average Bonchev–Trinajstić information content (AvgIpc) is 3.10. The molecule has 4 nitrogen and oxygen atoms in total. The van der Waals surface area contributed by atoms with Gasteiger partial charge in [0.2, 0.25) is 10.0 Å². The second kappa shape index (κ2) is 4.91. The number of halogens is 2. The highest BCUT2D eigenvalue weighted by molar-refractivity contribution is 7.89. The van der Waals surface area contributed by atoms with Crippen molar-refractivity contribution in [1.29, 1.82) is 0 Å². The Hall–Kier alpha value is -1.05. The molecule has 0 spiro atoms. The van der Waals surface area contributed by atoms with Gasteiger partial charge in [-0.05, 0) is 30.9 Å². The van der Waals surface area contributed by atoms with E-state index in [1.54, 1.807) is 0 Å². The first-order valence-electron chi connectivity index (χ1n) is 5.53. The molecule has 1 saturated carbocycles. The van der Waals surface area contributed by atoms with Crippen molar-refractivity contribution in [2.24, 2.45) is 5.92 Å². The van der Waals surface area contributed by atoms with Gasteiger partial charge in [0, 0.05) is 6.54 Å². The van der Waals surface area contributed by atoms with Crippen LogP contribution in [-0.2, 0) is 16.6 Å². The molecular formula is C11H13F2NO3S. The summed E-state index contributed by atoms with van der Waals surface area (Å²) in [5.74, 6) is -1.89. The topological polar surface area (TPSA) is 66.4 Å². The van der Waals surface area contributed by atoms with Gasteiger partial charge in [0.05, 0.1) is 12.2 Å². The first kappa shape index (κ1) is 13.4. The second-order valence-corrected chi connectivity index (χ2v) is 6.03. The molecule has 0 aliphatic heterocycles. The fourth-order valence-electron chi connectivity index (χ4n) is 1.56. The standard InChI is InChI=1S/C11H13F2NO3S/c12-9-3-4-10(11(13)8(9)6-15)18(16,17)14-5-7-1-2-7/h3-4,7,14-15H,1-2,5-6H2. The largest absolute Gasteiger partial charge is 0.391 e. The van der Waals surface area contributed by atoms with Gasteiger partial charge >= 0.3 is 0 Å². The van der Waals surface area contributed by atoms with E-state index >= 15 is 0 Å². The first-order chi connectivity index (χ1) is 8.45. The molecule has 0 bridgehead atoms. The van der Waals surface area contributed by atoms with Crippen LogP contribution in [0.15, 0.2) is 17.0 Å². The summed E-state index contributed by atoms with van der Waals surface area (Å²) in [6.07, 6.45) is 1.91. The van der Waals surface area contributed by atoms with Crippen molar-refractivity contribution in [2.75, 3.05) is 6.54 Å². The van der Waals surface area contributed by atoms with Crippen molar-refractivity contribution in [3.05, 3.63) is 29.3 Å². The van der Waals surface area contributed by atoms with E-state index in [1.807, 2.05) is 0 Å². The maximum Gasteiger partial charge on any atom is 0.243 e. The number of aliphatic hydroxyl groups excluding tert-OH is 1. The van der Waals surface area contributed by atoms with Crippen molar-refractivity contribution in [3.8, 4) is 0 Å². The summed E-state index contributed by atoms with van der Waals surface area (Å²) in [5, 5.41) is 8.82. The van der Waals surface area contributed by atoms with Crippen LogP contribution in [0.2, 0.25) is 0 Å². The average molecular weight is 277 g/mol. The molecular weight excluding hydrogens is 264 g/mol. The zero-order chi connectivity index (χ0) is 13.3. The maximum absolute atomic E-state index is 13.8. The van der Waals surface area contributed by atoms with Crippen LogP contribution >= 0.6 is 0 Å². The van der Waals surface area contributed by atoms with Gasteiger partial charge in [-0.2, -0.15) is 0 Å². The van der Waals surface area contributed by atoms with Crippen LogP contribution < -0.4 is 4.72 Å². The summed E-state index contributed by atoms with van der Waals surface area (Å²) >= 11 is 0. The fourth-order valence-corrected chi connectivity index (χ4v) is 2.77. The fraction of sp³-hybridized carbons (Fsp3) is 0.455. The van der Waals surface area contributed by atoms with E-state index in [0.717, 1.165) is 25.0 Å². The molecule has 1 aromatic rings. The minimum Gasteiger partial charge on any atom is -0.391 e. The minimum absolute atomic E-state index is 0.258. The molecule has 1 aliphatic rings. The number of nitrogens with one attached hydrogen (secondary N) is 1. The minimum atomic E-state index is -4.00. The maximum atomic E-state index is 13.8. The first-order valence-corrected chi connectivity index (χ1v) is 7.01. The second-order valence-electron chi connectivity index (χ2n) is 4.29. The van der Waals surface area contributed by atoms with Gasteiger partial charge in [0.25, 0.3) is 0 Å². The predicted octanol–water partition coefficient (Wildman–Crippen LogP) is 1.15. The molecule has 1 aliphatic carbocycles. The van der Waals surface area contributed by atoms with Crippen molar-refractivity contribution < 1.29 is 22.3 Å². The summed E-state index contributed by atoms with van der Waals surface area (Å²) in [7, 11) is -4.00. The normalized spacial score (nSPS) is 15.9. The zero-order valence-corrected chi connectivity index (χ0v) is 10.3.